The van der Waals surface area contributed by atoms with Gasteiger partial charge in [0.1, 0.15) is 5.76 Å². The summed E-state index contributed by atoms with van der Waals surface area (Å²) in [7, 11) is 0. The van der Waals surface area contributed by atoms with Crippen molar-refractivity contribution in [1.82, 2.24) is 0 Å². The molecule has 2 rings (SSSR count). The highest BCUT2D eigenvalue weighted by Gasteiger charge is 2.01. The summed E-state index contributed by atoms with van der Waals surface area (Å²) < 4.78 is 5.16. The van der Waals surface area contributed by atoms with Crippen LogP contribution in [0.2, 0.25) is 5.02 Å². The molecule has 2 aromatic rings. The maximum Gasteiger partial charge on any atom is 0.127 e. The van der Waals surface area contributed by atoms with Crippen LogP contribution in [0.25, 0.3) is 11.6 Å². The molecule has 0 radical (unpaired) electrons. The number of hydrogen-bond acceptors (Lipinski definition) is 2. The maximum absolute atomic E-state index is 9.05. The third-order valence-electron chi connectivity index (χ3n) is 2.11. The Kier molecular flexibility index (Phi) is 3.09. The van der Waals surface area contributed by atoms with Crippen molar-refractivity contribution in [1.29, 1.82) is 5.26 Å². The molecule has 0 saturated carbocycles. The smallest absolute Gasteiger partial charge is 0.127 e. The summed E-state index contributed by atoms with van der Waals surface area (Å²) in [5.74, 6) is 0.659. The second-order valence-electron chi connectivity index (χ2n) is 3.19. The molecule has 16 heavy (non-hydrogen) atoms. The van der Waals surface area contributed by atoms with Gasteiger partial charge in [-0.2, -0.15) is 5.26 Å². The van der Waals surface area contributed by atoms with E-state index in [4.69, 9.17) is 21.3 Å². The standard InChI is InChI=1S/C13H8ClNO/c14-12-5-3-10(4-6-12)11(9-15)8-13-2-1-7-16-13/h1-8H/b11-8-. The Morgan fingerprint density at radius 1 is 1.25 bits per heavy atom. The van der Waals surface area contributed by atoms with E-state index >= 15 is 0 Å². The van der Waals surface area contributed by atoms with Gasteiger partial charge in [0, 0.05) is 5.02 Å². The summed E-state index contributed by atoms with van der Waals surface area (Å²) in [6.45, 7) is 0. The Labute approximate surface area is 98.4 Å². The first-order valence-corrected chi connectivity index (χ1v) is 5.08. The average Bonchev–Trinajstić information content (AvgIpc) is 2.80. The highest BCUT2D eigenvalue weighted by molar-refractivity contribution is 6.30. The van der Waals surface area contributed by atoms with Gasteiger partial charge in [0.2, 0.25) is 0 Å². The largest absolute Gasteiger partial charge is 0.465 e. The monoisotopic (exact) mass is 229 g/mol. The van der Waals surface area contributed by atoms with Gasteiger partial charge in [-0.05, 0) is 35.9 Å². The van der Waals surface area contributed by atoms with Crippen molar-refractivity contribution in [2.24, 2.45) is 0 Å². The molecule has 1 aromatic carbocycles. The lowest BCUT2D eigenvalue weighted by atomic mass is 10.1. The van der Waals surface area contributed by atoms with Gasteiger partial charge in [0.05, 0.1) is 17.9 Å². The number of nitriles is 1. The Morgan fingerprint density at radius 3 is 2.56 bits per heavy atom. The molecule has 1 heterocycles. The van der Waals surface area contributed by atoms with Gasteiger partial charge < -0.3 is 4.42 Å². The molecule has 0 amide bonds. The van der Waals surface area contributed by atoms with Crippen molar-refractivity contribution >= 4 is 23.3 Å². The van der Waals surface area contributed by atoms with E-state index < -0.39 is 0 Å². The fourth-order valence-electron chi connectivity index (χ4n) is 1.33. The van der Waals surface area contributed by atoms with Gasteiger partial charge in [-0.15, -0.1) is 0 Å². The number of furan rings is 1. The average molecular weight is 230 g/mol. The topological polar surface area (TPSA) is 36.9 Å². The third kappa shape index (κ3) is 2.33. The van der Waals surface area contributed by atoms with E-state index in [9.17, 15) is 0 Å². The summed E-state index contributed by atoms with van der Waals surface area (Å²) in [5, 5.41) is 9.71. The highest BCUT2D eigenvalue weighted by atomic mass is 35.5. The first kappa shape index (κ1) is 10.5. The van der Waals surface area contributed by atoms with Crippen molar-refractivity contribution < 1.29 is 4.42 Å². The van der Waals surface area contributed by atoms with E-state index in [0.717, 1.165) is 5.56 Å². The maximum atomic E-state index is 9.05. The van der Waals surface area contributed by atoms with Crippen molar-refractivity contribution in [3.8, 4) is 6.07 Å². The molecule has 3 heteroatoms. The number of hydrogen-bond donors (Lipinski definition) is 0. The Hall–Kier alpha value is -1.98. The van der Waals surface area contributed by atoms with Crippen LogP contribution in [0.3, 0.4) is 0 Å². The summed E-state index contributed by atoms with van der Waals surface area (Å²) >= 11 is 5.78. The van der Waals surface area contributed by atoms with Gasteiger partial charge in [0.25, 0.3) is 0 Å². The van der Waals surface area contributed by atoms with E-state index in [0.29, 0.717) is 16.4 Å². The molecule has 0 N–H and O–H groups in total. The molecule has 0 bridgehead atoms. The van der Waals surface area contributed by atoms with E-state index in [1.54, 1.807) is 48.7 Å². The fraction of sp³-hybridized carbons (Fsp3) is 0. The van der Waals surface area contributed by atoms with Crippen LogP contribution in [0.4, 0.5) is 0 Å². The van der Waals surface area contributed by atoms with E-state index in [2.05, 4.69) is 6.07 Å². The molecule has 0 saturated heterocycles. The number of rotatable bonds is 2. The van der Waals surface area contributed by atoms with Crippen molar-refractivity contribution in [3.05, 3.63) is 59.0 Å². The Morgan fingerprint density at radius 2 is 2.00 bits per heavy atom. The van der Waals surface area contributed by atoms with Crippen molar-refractivity contribution in [2.45, 2.75) is 0 Å². The van der Waals surface area contributed by atoms with Crippen LogP contribution >= 0.6 is 11.6 Å². The lowest BCUT2D eigenvalue weighted by Crippen LogP contribution is -1.80. The number of nitrogens with zero attached hydrogens (tertiary/aromatic N) is 1. The van der Waals surface area contributed by atoms with Crippen molar-refractivity contribution in [3.63, 3.8) is 0 Å². The van der Waals surface area contributed by atoms with Crippen LogP contribution in [0.15, 0.2) is 47.1 Å². The molecule has 0 atom stereocenters. The number of allylic oxidation sites excluding steroid dienone is 1. The van der Waals surface area contributed by atoms with Crippen LogP contribution in [0, 0.1) is 11.3 Å². The second-order valence-corrected chi connectivity index (χ2v) is 3.63. The van der Waals surface area contributed by atoms with Crippen LogP contribution in [0.5, 0.6) is 0 Å². The summed E-state index contributed by atoms with van der Waals surface area (Å²) in [5.41, 5.74) is 1.37. The Balaban J connectivity index is 2.37. The predicted octanol–water partition coefficient (Wildman–Crippen LogP) is 4.00. The molecule has 0 aliphatic heterocycles. The quantitative estimate of drug-likeness (QED) is 0.730. The number of halogens is 1. The van der Waals surface area contributed by atoms with Crippen LogP contribution in [0.1, 0.15) is 11.3 Å². The molecule has 0 fully saturated rings. The summed E-state index contributed by atoms with van der Waals surface area (Å²) in [4.78, 5) is 0. The minimum Gasteiger partial charge on any atom is -0.465 e. The lowest BCUT2D eigenvalue weighted by molar-refractivity contribution is 0.557. The van der Waals surface area contributed by atoms with E-state index in [-0.39, 0.29) is 0 Å². The van der Waals surface area contributed by atoms with E-state index in [1.807, 2.05) is 0 Å². The zero-order valence-electron chi connectivity index (χ0n) is 8.35. The summed E-state index contributed by atoms with van der Waals surface area (Å²) in [6.07, 6.45) is 3.27. The minimum atomic E-state index is 0.548. The second kappa shape index (κ2) is 4.69. The fourth-order valence-corrected chi connectivity index (χ4v) is 1.45. The molecular weight excluding hydrogens is 222 g/mol. The normalized spacial score (nSPS) is 11.1. The zero-order valence-corrected chi connectivity index (χ0v) is 9.11. The Bertz CT molecular complexity index is 532. The SMILES string of the molecule is N#C/C(=C/c1ccco1)c1ccc(Cl)cc1. The number of benzene rings is 1. The molecule has 0 aliphatic rings. The molecule has 2 nitrogen and oxygen atoms in total. The van der Waals surface area contributed by atoms with Crippen molar-refractivity contribution in [2.75, 3.05) is 0 Å². The lowest BCUT2D eigenvalue weighted by Gasteiger charge is -1.98. The van der Waals surface area contributed by atoms with Crippen LogP contribution < -0.4 is 0 Å². The van der Waals surface area contributed by atoms with Gasteiger partial charge in [-0.3, -0.25) is 0 Å². The van der Waals surface area contributed by atoms with Gasteiger partial charge in [-0.25, -0.2) is 0 Å². The molecule has 1 aromatic heterocycles. The molecule has 78 valence electrons. The minimum absolute atomic E-state index is 0.548. The molecule has 0 unspecified atom stereocenters. The molecule has 0 aliphatic carbocycles. The highest BCUT2D eigenvalue weighted by Crippen LogP contribution is 2.19. The van der Waals surface area contributed by atoms with Gasteiger partial charge in [-0.1, -0.05) is 23.7 Å². The van der Waals surface area contributed by atoms with Crippen LogP contribution in [-0.4, -0.2) is 0 Å². The van der Waals surface area contributed by atoms with Crippen LogP contribution in [-0.2, 0) is 0 Å². The van der Waals surface area contributed by atoms with E-state index in [1.165, 1.54) is 0 Å². The molecule has 0 spiro atoms. The first-order chi connectivity index (χ1) is 7.79. The third-order valence-corrected chi connectivity index (χ3v) is 2.36. The predicted molar refractivity (Wildman–Crippen MR) is 63.6 cm³/mol. The van der Waals surface area contributed by atoms with Gasteiger partial charge >= 0.3 is 0 Å². The first-order valence-electron chi connectivity index (χ1n) is 4.71. The molecular formula is C13H8ClNO. The summed E-state index contributed by atoms with van der Waals surface area (Å²) in [6, 6.07) is 12.8. The zero-order chi connectivity index (χ0) is 11.4. The van der Waals surface area contributed by atoms with Gasteiger partial charge in [0.15, 0.2) is 0 Å².